The van der Waals surface area contributed by atoms with Gasteiger partial charge in [0.2, 0.25) is 0 Å². The molecule has 25 heavy (non-hydrogen) atoms. The third kappa shape index (κ3) is 4.08. The van der Waals surface area contributed by atoms with E-state index in [0.29, 0.717) is 17.8 Å². The van der Waals surface area contributed by atoms with Crippen LogP contribution in [0.1, 0.15) is 65.0 Å². The minimum absolute atomic E-state index is 0.00113. The van der Waals surface area contributed by atoms with Gasteiger partial charge in [0.1, 0.15) is 12.1 Å². The first-order chi connectivity index (χ1) is 12.0. The summed E-state index contributed by atoms with van der Waals surface area (Å²) >= 11 is 0. The van der Waals surface area contributed by atoms with Crippen molar-refractivity contribution in [3.63, 3.8) is 0 Å². The van der Waals surface area contributed by atoms with Crippen LogP contribution in [0.2, 0.25) is 0 Å². The summed E-state index contributed by atoms with van der Waals surface area (Å²) < 4.78 is 6.08. The molecule has 0 radical (unpaired) electrons. The molecular formula is C22H33NO2. The van der Waals surface area contributed by atoms with Crippen molar-refractivity contribution in [2.45, 2.75) is 71.6 Å². The van der Waals surface area contributed by atoms with Gasteiger partial charge in [0.05, 0.1) is 0 Å². The Morgan fingerprint density at radius 3 is 2.44 bits per heavy atom. The van der Waals surface area contributed by atoms with Crippen LogP contribution in [0.25, 0.3) is 0 Å². The molecule has 1 aromatic rings. The van der Waals surface area contributed by atoms with Gasteiger partial charge >= 0.3 is 5.97 Å². The SMILES string of the molecule is CC1CCC(C(C)C)C(OC(=O)C2CCN2C(C)c2ccccc2)C1. The molecule has 0 spiro atoms. The van der Waals surface area contributed by atoms with E-state index in [0.717, 1.165) is 19.4 Å². The van der Waals surface area contributed by atoms with E-state index in [9.17, 15) is 4.79 Å². The second-order valence-electron chi connectivity index (χ2n) is 8.43. The third-order valence-electron chi connectivity index (χ3n) is 6.34. The van der Waals surface area contributed by atoms with Crippen LogP contribution in [-0.4, -0.2) is 29.6 Å². The summed E-state index contributed by atoms with van der Waals surface area (Å²) in [6.07, 6.45) is 4.49. The number of carbonyl (C=O) groups is 1. The number of rotatable bonds is 5. The van der Waals surface area contributed by atoms with Crippen LogP contribution in [0.4, 0.5) is 0 Å². The maximum atomic E-state index is 12.9. The third-order valence-corrected chi connectivity index (χ3v) is 6.34. The van der Waals surface area contributed by atoms with E-state index in [1.54, 1.807) is 0 Å². The predicted octanol–water partition coefficient (Wildman–Crippen LogP) is 4.83. The van der Waals surface area contributed by atoms with Crippen molar-refractivity contribution < 1.29 is 9.53 Å². The van der Waals surface area contributed by atoms with E-state index in [4.69, 9.17) is 4.74 Å². The fraction of sp³-hybridized carbons (Fsp3) is 0.682. The molecule has 1 aliphatic carbocycles. The van der Waals surface area contributed by atoms with Gasteiger partial charge in [-0.1, -0.05) is 57.5 Å². The van der Waals surface area contributed by atoms with E-state index >= 15 is 0 Å². The van der Waals surface area contributed by atoms with Crippen LogP contribution >= 0.6 is 0 Å². The lowest BCUT2D eigenvalue weighted by Gasteiger charge is -2.45. The summed E-state index contributed by atoms with van der Waals surface area (Å²) in [5.41, 5.74) is 1.27. The van der Waals surface area contributed by atoms with Crippen LogP contribution in [0.15, 0.2) is 30.3 Å². The number of benzene rings is 1. The van der Waals surface area contributed by atoms with E-state index in [-0.39, 0.29) is 24.2 Å². The smallest absolute Gasteiger partial charge is 0.323 e. The number of esters is 1. The average molecular weight is 344 g/mol. The summed E-state index contributed by atoms with van der Waals surface area (Å²) in [7, 11) is 0. The molecule has 2 aliphatic rings. The van der Waals surface area contributed by atoms with Crippen molar-refractivity contribution in [3.8, 4) is 0 Å². The number of likely N-dealkylation sites (tertiary alicyclic amines) is 1. The zero-order valence-corrected chi connectivity index (χ0v) is 16.2. The van der Waals surface area contributed by atoms with E-state index in [1.165, 1.54) is 18.4 Å². The van der Waals surface area contributed by atoms with Crippen molar-refractivity contribution in [1.82, 2.24) is 4.90 Å². The molecule has 1 heterocycles. The molecule has 3 heteroatoms. The molecule has 2 fully saturated rings. The Balaban J connectivity index is 1.62. The number of hydrogen-bond acceptors (Lipinski definition) is 3. The molecule has 0 N–H and O–H groups in total. The molecule has 1 aromatic carbocycles. The Hall–Kier alpha value is -1.35. The van der Waals surface area contributed by atoms with Crippen molar-refractivity contribution in [3.05, 3.63) is 35.9 Å². The standard InChI is InChI=1S/C22H33NO2/c1-15(2)19-11-10-16(3)14-21(19)25-22(24)20-12-13-23(20)17(4)18-8-6-5-7-9-18/h5-9,15-17,19-21H,10-14H2,1-4H3. The number of hydrogen-bond donors (Lipinski definition) is 0. The molecule has 0 bridgehead atoms. The average Bonchev–Trinajstić information content (AvgIpc) is 2.54. The van der Waals surface area contributed by atoms with Gasteiger partial charge in [-0.25, -0.2) is 0 Å². The van der Waals surface area contributed by atoms with Crippen LogP contribution < -0.4 is 0 Å². The zero-order chi connectivity index (χ0) is 18.0. The van der Waals surface area contributed by atoms with Gasteiger partial charge in [0, 0.05) is 12.6 Å². The fourth-order valence-corrected chi connectivity index (χ4v) is 4.53. The summed E-state index contributed by atoms with van der Waals surface area (Å²) in [5.74, 6) is 1.75. The summed E-state index contributed by atoms with van der Waals surface area (Å²) in [5, 5.41) is 0. The highest BCUT2D eigenvalue weighted by molar-refractivity contribution is 5.77. The van der Waals surface area contributed by atoms with Crippen molar-refractivity contribution in [2.24, 2.45) is 17.8 Å². The number of nitrogens with zero attached hydrogens (tertiary/aromatic N) is 1. The first-order valence-electron chi connectivity index (χ1n) is 9.98. The molecule has 1 saturated heterocycles. The Kier molecular flexibility index (Phi) is 5.83. The quantitative estimate of drug-likeness (QED) is 0.718. The van der Waals surface area contributed by atoms with Gasteiger partial charge in [-0.2, -0.15) is 0 Å². The molecule has 3 rings (SSSR count). The molecule has 0 aromatic heterocycles. The van der Waals surface area contributed by atoms with E-state index in [1.807, 2.05) is 6.07 Å². The van der Waals surface area contributed by atoms with Gasteiger partial charge in [0.15, 0.2) is 0 Å². The first kappa shape index (κ1) is 18.4. The molecule has 138 valence electrons. The minimum atomic E-state index is -0.0692. The Labute approximate surface area is 152 Å². The largest absolute Gasteiger partial charge is 0.461 e. The lowest BCUT2D eigenvalue weighted by molar-refractivity contribution is -0.169. The maximum Gasteiger partial charge on any atom is 0.323 e. The van der Waals surface area contributed by atoms with Gasteiger partial charge in [-0.3, -0.25) is 9.69 Å². The lowest BCUT2D eigenvalue weighted by atomic mass is 9.75. The van der Waals surface area contributed by atoms with Crippen molar-refractivity contribution in [1.29, 1.82) is 0 Å². The van der Waals surface area contributed by atoms with Crippen LogP contribution in [0.3, 0.4) is 0 Å². The molecule has 5 unspecified atom stereocenters. The van der Waals surface area contributed by atoms with Gasteiger partial charge in [0.25, 0.3) is 0 Å². The highest BCUT2D eigenvalue weighted by atomic mass is 16.5. The van der Waals surface area contributed by atoms with E-state index < -0.39 is 0 Å². The second kappa shape index (κ2) is 7.90. The van der Waals surface area contributed by atoms with E-state index in [2.05, 4.69) is 56.9 Å². The fourth-order valence-electron chi connectivity index (χ4n) is 4.53. The topological polar surface area (TPSA) is 29.5 Å². The highest BCUT2D eigenvalue weighted by Gasteiger charge is 2.41. The number of carbonyl (C=O) groups excluding carboxylic acids is 1. The van der Waals surface area contributed by atoms with Crippen molar-refractivity contribution in [2.75, 3.05) is 6.54 Å². The summed E-state index contributed by atoms with van der Waals surface area (Å²) in [6.45, 7) is 9.96. The van der Waals surface area contributed by atoms with Gasteiger partial charge < -0.3 is 4.74 Å². The van der Waals surface area contributed by atoms with Gasteiger partial charge in [-0.15, -0.1) is 0 Å². The number of ether oxygens (including phenoxy) is 1. The Morgan fingerprint density at radius 1 is 1.12 bits per heavy atom. The minimum Gasteiger partial charge on any atom is -0.461 e. The van der Waals surface area contributed by atoms with Gasteiger partial charge in [-0.05, 0) is 49.5 Å². The molecule has 0 amide bonds. The van der Waals surface area contributed by atoms with Crippen LogP contribution in [-0.2, 0) is 9.53 Å². The van der Waals surface area contributed by atoms with Crippen molar-refractivity contribution >= 4 is 5.97 Å². The Bertz CT molecular complexity index is 571. The molecule has 3 nitrogen and oxygen atoms in total. The van der Waals surface area contributed by atoms with Crippen LogP contribution in [0.5, 0.6) is 0 Å². The Morgan fingerprint density at radius 2 is 1.84 bits per heavy atom. The molecular weight excluding hydrogens is 310 g/mol. The zero-order valence-electron chi connectivity index (χ0n) is 16.2. The predicted molar refractivity (Wildman–Crippen MR) is 101 cm³/mol. The molecule has 5 atom stereocenters. The summed E-state index contributed by atoms with van der Waals surface area (Å²) in [6, 6.07) is 10.6. The second-order valence-corrected chi connectivity index (χ2v) is 8.43. The van der Waals surface area contributed by atoms with Crippen LogP contribution in [0, 0.1) is 17.8 Å². The summed E-state index contributed by atoms with van der Waals surface area (Å²) in [4.78, 5) is 15.1. The lowest BCUT2D eigenvalue weighted by Crippen LogP contribution is -2.54. The monoisotopic (exact) mass is 343 g/mol. The molecule has 1 saturated carbocycles. The first-order valence-corrected chi connectivity index (χ1v) is 9.98. The highest BCUT2D eigenvalue weighted by Crippen LogP contribution is 2.37. The molecule has 1 aliphatic heterocycles. The maximum absolute atomic E-state index is 12.9. The normalized spacial score (nSPS) is 31.4.